The minimum absolute atomic E-state index is 0.00224. The van der Waals surface area contributed by atoms with E-state index in [-0.39, 0.29) is 16.7 Å². The molecule has 1 aromatic rings. The van der Waals surface area contributed by atoms with Gasteiger partial charge in [-0.25, -0.2) is 4.79 Å². The number of rotatable bonds is 8. The average Bonchev–Trinajstić information content (AvgIpc) is 2.50. The third-order valence-corrected chi connectivity index (χ3v) is 9.88. The molecular formula is C21H36BrNO4Si. The molecule has 0 aliphatic rings. The van der Waals surface area contributed by atoms with Crippen molar-refractivity contribution in [1.82, 2.24) is 5.32 Å². The van der Waals surface area contributed by atoms with Crippen LogP contribution in [0.15, 0.2) is 28.7 Å². The van der Waals surface area contributed by atoms with Gasteiger partial charge in [0.05, 0.1) is 6.61 Å². The summed E-state index contributed by atoms with van der Waals surface area (Å²) in [6.45, 7) is 16.9. The molecule has 0 aromatic heterocycles. The zero-order valence-electron chi connectivity index (χ0n) is 18.5. The van der Waals surface area contributed by atoms with Crippen molar-refractivity contribution in [3.8, 4) is 5.75 Å². The molecule has 2 unspecified atom stereocenters. The summed E-state index contributed by atoms with van der Waals surface area (Å²) < 4.78 is 18.9. The summed E-state index contributed by atoms with van der Waals surface area (Å²) >= 11 is 3.47. The summed E-state index contributed by atoms with van der Waals surface area (Å²) in [5.74, 6) is 0.829. The van der Waals surface area contributed by atoms with Gasteiger partial charge in [-0.15, -0.1) is 0 Å². The van der Waals surface area contributed by atoms with Crippen LogP contribution in [0.4, 0.5) is 4.79 Å². The molecule has 160 valence electrons. The summed E-state index contributed by atoms with van der Waals surface area (Å²) in [6.07, 6.45) is 0.786. The molecule has 0 saturated heterocycles. The van der Waals surface area contributed by atoms with Gasteiger partial charge in [0.1, 0.15) is 12.0 Å². The van der Waals surface area contributed by atoms with Crippen molar-refractivity contribution in [2.75, 3.05) is 12.8 Å². The van der Waals surface area contributed by atoms with E-state index in [1.165, 1.54) is 0 Å². The quantitative estimate of drug-likeness (QED) is 0.465. The lowest BCUT2D eigenvalue weighted by Gasteiger charge is -2.40. The van der Waals surface area contributed by atoms with Crippen LogP contribution in [0.2, 0.25) is 11.6 Å². The number of nitrogens with one attached hydrogen (secondary N) is 1. The number of amides is 1. The first-order valence-corrected chi connectivity index (χ1v) is 13.1. The highest BCUT2D eigenvalue weighted by Crippen LogP contribution is 2.38. The third kappa shape index (κ3) is 8.96. The highest BCUT2D eigenvalue weighted by Gasteiger charge is 2.44. The Morgan fingerprint density at radius 2 is 1.86 bits per heavy atom. The number of carbonyl (C=O) groups is 1. The maximum atomic E-state index is 11.8. The lowest BCUT2D eigenvalue weighted by molar-refractivity contribution is 0.108. The fourth-order valence-corrected chi connectivity index (χ4v) is 5.05. The Morgan fingerprint density at radius 3 is 2.39 bits per heavy atom. The van der Waals surface area contributed by atoms with Gasteiger partial charge in [-0.1, -0.05) is 42.8 Å². The van der Waals surface area contributed by atoms with Crippen molar-refractivity contribution in [2.24, 2.45) is 0 Å². The van der Waals surface area contributed by atoms with Crippen LogP contribution in [0.1, 0.15) is 54.9 Å². The Morgan fingerprint density at radius 1 is 1.21 bits per heavy atom. The summed E-state index contributed by atoms with van der Waals surface area (Å²) in [5, 5.41) is 2.79. The summed E-state index contributed by atoms with van der Waals surface area (Å²) in [4.78, 5) is 11.8. The predicted molar refractivity (Wildman–Crippen MR) is 120 cm³/mol. The maximum Gasteiger partial charge on any atom is 0.407 e. The molecule has 1 aromatic carbocycles. The van der Waals surface area contributed by atoms with E-state index >= 15 is 0 Å². The van der Waals surface area contributed by atoms with Crippen molar-refractivity contribution in [1.29, 1.82) is 0 Å². The standard InChI is InChI=1S/C21H36BrNO4Si/c1-16(12-13-25-19(24)23-20(2,3)4)27-28(8,21(5,6)7)15-26-18-11-9-10-17(22)14-18/h9-11,14,16H,12-13,15H2,1-8H3,(H,23,24). The largest absolute Gasteiger partial charge is 0.494 e. The molecule has 28 heavy (non-hydrogen) atoms. The Balaban J connectivity index is 2.61. The molecule has 0 spiro atoms. The van der Waals surface area contributed by atoms with Crippen LogP contribution in [0.25, 0.3) is 0 Å². The fourth-order valence-electron chi connectivity index (χ4n) is 2.37. The fraction of sp³-hybridized carbons (Fsp3) is 0.667. The first kappa shape index (κ1) is 25.0. The normalized spacial score (nSPS) is 15.5. The lowest BCUT2D eigenvalue weighted by Crippen LogP contribution is -2.52. The van der Waals surface area contributed by atoms with E-state index in [4.69, 9.17) is 13.9 Å². The van der Waals surface area contributed by atoms with Gasteiger partial charge in [0, 0.05) is 22.5 Å². The molecule has 0 bridgehead atoms. The number of halogens is 1. The van der Waals surface area contributed by atoms with Gasteiger partial charge in [-0.3, -0.25) is 0 Å². The van der Waals surface area contributed by atoms with E-state index in [1.807, 2.05) is 52.0 Å². The summed E-state index contributed by atoms with van der Waals surface area (Å²) in [6, 6.07) is 7.84. The topological polar surface area (TPSA) is 56.8 Å². The van der Waals surface area contributed by atoms with Gasteiger partial charge in [0.15, 0.2) is 0 Å². The van der Waals surface area contributed by atoms with E-state index in [0.717, 1.165) is 10.2 Å². The summed E-state index contributed by atoms with van der Waals surface area (Å²) in [7, 11) is -2.22. The Hall–Kier alpha value is -1.05. The molecule has 1 N–H and O–H groups in total. The van der Waals surface area contributed by atoms with Gasteiger partial charge in [-0.05, 0) is 57.5 Å². The number of ether oxygens (including phenoxy) is 2. The number of carbonyl (C=O) groups excluding carboxylic acids is 1. The van der Waals surface area contributed by atoms with Crippen LogP contribution < -0.4 is 10.1 Å². The van der Waals surface area contributed by atoms with Gasteiger partial charge in [-0.2, -0.15) is 0 Å². The molecule has 5 nitrogen and oxygen atoms in total. The zero-order valence-corrected chi connectivity index (χ0v) is 21.1. The van der Waals surface area contributed by atoms with Crippen LogP contribution in [0.5, 0.6) is 5.75 Å². The number of hydrogen-bond donors (Lipinski definition) is 1. The number of alkyl carbamates (subject to hydrolysis) is 1. The second-order valence-corrected chi connectivity index (χ2v) is 14.9. The van der Waals surface area contributed by atoms with E-state index in [1.54, 1.807) is 0 Å². The van der Waals surface area contributed by atoms with Crippen LogP contribution in [0.3, 0.4) is 0 Å². The van der Waals surface area contributed by atoms with Crippen molar-refractivity contribution in [2.45, 2.75) is 78.1 Å². The number of benzene rings is 1. The SMILES string of the molecule is CC(CCOC(=O)NC(C)(C)C)O[Si](C)(COc1cccc(Br)c1)C(C)(C)C. The monoisotopic (exact) mass is 473 g/mol. The smallest absolute Gasteiger partial charge is 0.407 e. The zero-order chi connectivity index (χ0) is 21.6. The Bertz CT molecular complexity index is 642. The molecule has 0 fully saturated rings. The van der Waals surface area contributed by atoms with Crippen LogP contribution >= 0.6 is 15.9 Å². The van der Waals surface area contributed by atoms with Crippen molar-refractivity contribution >= 4 is 30.3 Å². The Labute approximate surface area is 179 Å². The average molecular weight is 475 g/mol. The first-order valence-electron chi connectivity index (χ1n) is 9.73. The summed E-state index contributed by atoms with van der Waals surface area (Å²) in [5.41, 5.74) is -0.305. The molecule has 1 rings (SSSR count). The van der Waals surface area contributed by atoms with Gasteiger partial charge < -0.3 is 19.2 Å². The van der Waals surface area contributed by atoms with E-state index < -0.39 is 14.4 Å². The molecule has 2 atom stereocenters. The first-order chi connectivity index (χ1) is 12.7. The second kappa shape index (κ2) is 10.1. The molecule has 0 heterocycles. The van der Waals surface area contributed by atoms with Crippen LogP contribution in [-0.2, 0) is 9.16 Å². The van der Waals surface area contributed by atoms with E-state index in [9.17, 15) is 4.79 Å². The van der Waals surface area contributed by atoms with Gasteiger partial charge in [0.2, 0.25) is 8.32 Å². The van der Waals surface area contributed by atoms with Gasteiger partial charge >= 0.3 is 6.09 Å². The van der Waals surface area contributed by atoms with E-state index in [2.05, 4.69) is 48.6 Å². The van der Waals surface area contributed by atoms with E-state index in [0.29, 0.717) is 19.3 Å². The molecule has 1 amide bonds. The molecule has 0 saturated carbocycles. The van der Waals surface area contributed by atoms with Crippen LogP contribution in [0, 0.1) is 0 Å². The third-order valence-electron chi connectivity index (χ3n) is 4.59. The maximum absolute atomic E-state index is 11.8. The van der Waals surface area contributed by atoms with Crippen molar-refractivity contribution in [3.63, 3.8) is 0 Å². The lowest BCUT2D eigenvalue weighted by atomic mass is 10.1. The second-order valence-electron chi connectivity index (χ2n) is 9.45. The minimum Gasteiger partial charge on any atom is -0.494 e. The minimum atomic E-state index is -2.22. The Kier molecular flexibility index (Phi) is 9.03. The highest BCUT2D eigenvalue weighted by atomic mass is 79.9. The molecule has 0 radical (unpaired) electrons. The van der Waals surface area contributed by atoms with Crippen molar-refractivity contribution < 1.29 is 18.7 Å². The van der Waals surface area contributed by atoms with Gasteiger partial charge in [0.25, 0.3) is 0 Å². The van der Waals surface area contributed by atoms with Crippen LogP contribution in [-0.4, -0.2) is 38.9 Å². The van der Waals surface area contributed by atoms with Crippen molar-refractivity contribution in [3.05, 3.63) is 28.7 Å². The number of hydrogen-bond acceptors (Lipinski definition) is 4. The molecule has 0 aliphatic heterocycles. The molecule has 0 aliphatic carbocycles. The molecule has 7 heteroatoms. The predicted octanol–water partition coefficient (Wildman–Crippen LogP) is 6.06. The highest BCUT2D eigenvalue weighted by molar-refractivity contribution is 9.10. The molecular weight excluding hydrogens is 438 g/mol.